The SMILES string of the molecule is O=C1c2ccccc2C(=O)N1CCC=Cc1cc(O)cc(Br)c1. The molecule has 0 aromatic heterocycles. The third-order valence-electron chi connectivity index (χ3n) is 3.61. The van der Waals surface area contributed by atoms with Crippen molar-refractivity contribution in [3.05, 3.63) is 69.7 Å². The number of carbonyl (C=O) groups is 2. The maximum atomic E-state index is 12.2. The van der Waals surface area contributed by atoms with Crippen molar-refractivity contribution in [2.24, 2.45) is 0 Å². The fourth-order valence-electron chi connectivity index (χ4n) is 2.56. The fraction of sp³-hybridized carbons (Fsp3) is 0.111. The number of benzene rings is 2. The molecule has 5 heteroatoms. The first-order valence-corrected chi connectivity index (χ1v) is 7.97. The standard InChI is InChI=1S/C18H14BrNO3/c19-13-9-12(10-14(21)11-13)5-3-4-8-20-17(22)15-6-1-2-7-16(15)18(20)23/h1-3,5-7,9-11,21H,4,8H2. The Bertz CT molecular complexity index is 758. The van der Waals surface area contributed by atoms with E-state index in [0.29, 0.717) is 24.1 Å². The van der Waals surface area contributed by atoms with Gasteiger partial charge in [0.25, 0.3) is 11.8 Å². The molecule has 0 bridgehead atoms. The van der Waals surface area contributed by atoms with Gasteiger partial charge < -0.3 is 5.11 Å². The van der Waals surface area contributed by atoms with Crippen LogP contribution in [0.4, 0.5) is 0 Å². The summed E-state index contributed by atoms with van der Waals surface area (Å²) in [7, 11) is 0. The van der Waals surface area contributed by atoms with Gasteiger partial charge in [-0.2, -0.15) is 0 Å². The van der Waals surface area contributed by atoms with Crippen LogP contribution in [0.3, 0.4) is 0 Å². The Morgan fingerprint density at radius 3 is 2.30 bits per heavy atom. The molecule has 4 nitrogen and oxygen atoms in total. The minimum absolute atomic E-state index is 0.180. The zero-order valence-electron chi connectivity index (χ0n) is 12.2. The zero-order valence-corrected chi connectivity index (χ0v) is 13.8. The van der Waals surface area contributed by atoms with Crippen LogP contribution in [0.15, 0.2) is 53.0 Å². The molecule has 0 radical (unpaired) electrons. The number of rotatable bonds is 4. The number of carbonyl (C=O) groups excluding carboxylic acids is 2. The van der Waals surface area contributed by atoms with Gasteiger partial charge in [0, 0.05) is 11.0 Å². The van der Waals surface area contributed by atoms with E-state index >= 15 is 0 Å². The number of hydrogen-bond donors (Lipinski definition) is 1. The number of aromatic hydroxyl groups is 1. The molecule has 2 aromatic rings. The van der Waals surface area contributed by atoms with Gasteiger partial charge in [0.1, 0.15) is 5.75 Å². The molecule has 0 aliphatic carbocycles. The van der Waals surface area contributed by atoms with E-state index in [4.69, 9.17) is 0 Å². The van der Waals surface area contributed by atoms with Crippen molar-refractivity contribution in [1.29, 1.82) is 0 Å². The van der Waals surface area contributed by atoms with Gasteiger partial charge in [0.05, 0.1) is 11.1 Å². The van der Waals surface area contributed by atoms with Crippen LogP contribution in [0.25, 0.3) is 6.08 Å². The fourth-order valence-corrected chi connectivity index (χ4v) is 3.06. The Morgan fingerprint density at radius 2 is 1.70 bits per heavy atom. The monoisotopic (exact) mass is 371 g/mol. The Morgan fingerprint density at radius 1 is 1.04 bits per heavy atom. The summed E-state index contributed by atoms with van der Waals surface area (Å²) >= 11 is 3.32. The van der Waals surface area contributed by atoms with Crippen molar-refractivity contribution in [1.82, 2.24) is 4.90 Å². The summed E-state index contributed by atoms with van der Waals surface area (Å²) in [5, 5.41) is 9.53. The molecule has 1 aliphatic rings. The smallest absolute Gasteiger partial charge is 0.261 e. The molecule has 0 saturated carbocycles. The number of amides is 2. The summed E-state index contributed by atoms with van der Waals surface area (Å²) < 4.78 is 0.789. The molecule has 23 heavy (non-hydrogen) atoms. The van der Waals surface area contributed by atoms with Crippen LogP contribution in [0.1, 0.15) is 32.7 Å². The Kier molecular flexibility index (Phi) is 4.30. The second-order valence-electron chi connectivity index (χ2n) is 5.24. The summed E-state index contributed by atoms with van der Waals surface area (Å²) in [6.07, 6.45) is 4.28. The molecule has 0 spiro atoms. The number of halogens is 1. The van der Waals surface area contributed by atoms with Crippen molar-refractivity contribution in [2.75, 3.05) is 6.54 Å². The van der Waals surface area contributed by atoms with Gasteiger partial charge >= 0.3 is 0 Å². The molecular formula is C18H14BrNO3. The summed E-state index contributed by atoms with van der Waals surface area (Å²) in [5.41, 5.74) is 1.79. The van der Waals surface area contributed by atoms with Gasteiger partial charge in [-0.1, -0.05) is 40.2 Å². The van der Waals surface area contributed by atoms with Crippen LogP contribution in [-0.4, -0.2) is 28.4 Å². The summed E-state index contributed by atoms with van der Waals surface area (Å²) in [4.78, 5) is 25.7. The second-order valence-corrected chi connectivity index (χ2v) is 6.16. The second kappa shape index (κ2) is 6.38. The van der Waals surface area contributed by atoms with Crippen LogP contribution in [0.5, 0.6) is 5.75 Å². The lowest BCUT2D eigenvalue weighted by Crippen LogP contribution is -2.30. The van der Waals surface area contributed by atoms with Gasteiger partial charge in [-0.25, -0.2) is 0 Å². The van der Waals surface area contributed by atoms with E-state index in [1.807, 2.05) is 18.2 Å². The lowest BCUT2D eigenvalue weighted by Gasteiger charge is -2.11. The molecule has 0 saturated heterocycles. The Labute approximate surface area is 142 Å². The zero-order chi connectivity index (χ0) is 16.4. The minimum atomic E-state index is -0.237. The first-order chi connectivity index (χ1) is 11.1. The Balaban J connectivity index is 1.65. The van der Waals surface area contributed by atoms with Gasteiger partial charge in [-0.3, -0.25) is 14.5 Å². The van der Waals surface area contributed by atoms with Crippen LogP contribution in [-0.2, 0) is 0 Å². The van der Waals surface area contributed by atoms with Crippen molar-refractivity contribution >= 4 is 33.8 Å². The van der Waals surface area contributed by atoms with E-state index in [0.717, 1.165) is 10.0 Å². The lowest BCUT2D eigenvalue weighted by molar-refractivity contribution is 0.0657. The molecule has 3 rings (SSSR count). The van der Waals surface area contributed by atoms with E-state index in [1.165, 1.54) is 4.90 Å². The highest BCUT2D eigenvalue weighted by Crippen LogP contribution is 2.23. The van der Waals surface area contributed by atoms with E-state index in [-0.39, 0.29) is 17.6 Å². The van der Waals surface area contributed by atoms with Crippen molar-refractivity contribution in [3.8, 4) is 5.75 Å². The average Bonchev–Trinajstić information content (AvgIpc) is 2.75. The number of nitrogens with zero attached hydrogens (tertiary/aromatic N) is 1. The van der Waals surface area contributed by atoms with Gasteiger partial charge in [0.15, 0.2) is 0 Å². The number of hydrogen-bond acceptors (Lipinski definition) is 3. The average molecular weight is 372 g/mol. The van der Waals surface area contributed by atoms with Crippen molar-refractivity contribution in [3.63, 3.8) is 0 Å². The maximum Gasteiger partial charge on any atom is 0.261 e. The molecule has 116 valence electrons. The molecule has 0 atom stereocenters. The number of fused-ring (bicyclic) bond motifs is 1. The van der Waals surface area contributed by atoms with Crippen LogP contribution in [0.2, 0.25) is 0 Å². The first kappa shape index (κ1) is 15.5. The molecule has 1 N–H and O–H groups in total. The van der Waals surface area contributed by atoms with Gasteiger partial charge in [0.2, 0.25) is 0 Å². The normalized spacial score (nSPS) is 13.9. The van der Waals surface area contributed by atoms with Crippen molar-refractivity contribution in [2.45, 2.75) is 6.42 Å². The third kappa shape index (κ3) is 3.19. The van der Waals surface area contributed by atoms with Crippen LogP contribution < -0.4 is 0 Å². The summed E-state index contributed by atoms with van der Waals surface area (Å²) in [5.74, 6) is -0.294. The topological polar surface area (TPSA) is 57.6 Å². The largest absolute Gasteiger partial charge is 0.508 e. The van der Waals surface area contributed by atoms with E-state index in [2.05, 4.69) is 15.9 Å². The van der Waals surface area contributed by atoms with E-state index in [1.54, 1.807) is 36.4 Å². The molecule has 0 unspecified atom stereocenters. The number of imide groups is 1. The summed E-state index contributed by atoms with van der Waals surface area (Å²) in [6, 6.07) is 12.0. The molecular weight excluding hydrogens is 358 g/mol. The highest BCUT2D eigenvalue weighted by molar-refractivity contribution is 9.10. The van der Waals surface area contributed by atoms with Gasteiger partial charge in [-0.05, 0) is 42.3 Å². The quantitative estimate of drug-likeness (QED) is 0.830. The summed E-state index contributed by atoms with van der Waals surface area (Å²) in [6.45, 7) is 0.336. The third-order valence-corrected chi connectivity index (χ3v) is 4.07. The van der Waals surface area contributed by atoms with Crippen LogP contribution in [0, 0.1) is 0 Å². The number of phenols is 1. The number of phenolic OH excluding ortho intramolecular Hbond substituents is 1. The van der Waals surface area contributed by atoms with Gasteiger partial charge in [-0.15, -0.1) is 0 Å². The molecule has 0 fully saturated rings. The predicted molar refractivity (Wildman–Crippen MR) is 91.3 cm³/mol. The highest BCUT2D eigenvalue weighted by Gasteiger charge is 2.34. The highest BCUT2D eigenvalue weighted by atomic mass is 79.9. The predicted octanol–water partition coefficient (Wildman–Crippen LogP) is 3.85. The molecule has 1 aliphatic heterocycles. The molecule has 2 amide bonds. The first-order valence-electron chi connectivity index (χ1n) is 7.17. The van der Waals surface area contributed by atoms with E-state index in [9.17, 15) is 14.7 Å². The lowest BCUT2D eigenvalue weighted by atomic mass is 10.1. The van der Waals surface area contributed by atoms with Crippen molar-refractivity contribution < 1.29 is 14.7 Å². The van der Waals surface area contributed by atoms with E-state index < -0.39 is 0 Å². The minimum Gasteiger partial charge on any atom is -0.508 e. The maximum absolute atomic E-state index is 12.2. The molecule has 1 heterocycles. The molecule has 2 aromatic carbocycles. The van der Waals surface area contributed by atoms with Crippen LogP contribution >= 0.6 is 15.9 Å². The Hall–Kier alpha value is -2.40.